The fraction of sp³-hybridized carbons (Fsp3) is 0.0769. The van der Waals surface area contributed by atoms with Crippen molar-refractivity contribution >= 4 is 34.8 Å². The quantitative estimate of drug-likeness (QED) is 0.802. The third-order valence-electron chi connectivity index (χ3n) is 2.63. The SMILES string of the molecule is Cc1ccc(Cl)cc1Nc1cc(C(=O)O)c(N)cn1. The standard InChI is InChI=1S/C13H12ClN3O2/c1-7-2-3-8(14)4-11(7)17-12-5-9(13(18)19)10(15)6-16-12/h2-6H,15H2,1H3,(H,16,17)(H,18,19). The number of carboxylic acid groups (broad SMARTS) is 1. The van der Waals surface area contributed by atoms with Crippen LogP contribution < -0.4 is 11.1 Å². The molecule has 2 rings (SSSR count). The second-order valence-electron chi connectivity index (χ2n) is 4.05. The van der Waals surface area contributed by atoms with Gasteiger partial charge in [0.15, 0.2) is 0 Å². The molecule has 6 heteroatoms. The second kappa shape index (κ2) is 5.16. The molecule has 19 heavy (non-hydrogen) atoms. The lowest BCUT2D eigenvalue weighted by molar-refractivity contribution is 0.0698. The molecule has 0 aliphatic rings. The van der Waals surface area contributed by atoms with Gasteiger partial charge in [-0.3, -0.25) is 0 Å². The first kappa shape index (κ1) is 13.2. The number of carboxylic acids is 1. The molecule has 0 unspecified atom stereocenters. The van der Waals surface area contributed by atoms with E-state index < -0.39 is 5.97 Å². The van der Waals surface area contributed by atoms with Crippen molar-refractivity contribution in [1.82, 2.24) is 4.98 Å². The van der Waals surface area contributed by atoms with Gasteiger partial charge in [-0.1, -0.05) is 17.7 Å². The molecule has 98 valence electrons. The Morgan fingerprint density at radius 1 is 1.42 bits per heavy atom. The monoisotopic (exact) mass is 277 g/mol. The highest BCUT2D eigenvalue weighted by molar-refractivity contribution is 6.30. The Morgan fingerprint density at radius 3 is 2.84 bits per heavy atom. The topological polar surface area (TPSA) is 88.2 Å². The van der Waals surface area contributed by atoms with E-state index in [4.69, 9.17) is 22.4 Å². The molecular weight excluding hydrogens is 266 g/mol. The molecule has 5 nitrogen and oxygen atoms in total. The molecule has 0 bridgehead atoms. The zero-order chi connectivity index (χ0) is 14.0. The zero-order valence-corrected chi connectivity index (χ0v) is 10.9. The molecule has 0 aliphatic carbocycles. The molecule has 4 N–H and O–H groups in total. The summed E-state index contributed by atoms with van der Waals surface area (Å²) in [4.78, 5) is 15.0. The summed E-state index contributed by atoms with van der Waals surface area (Å²) in [5.74, 6) is -0.692. The van der Waals surface area contributed by atoms with Gasteiger partial charge in [0, 0.05) is 10.7 Å². The summed E-state index contributed by atoms with van der Waals surface area (Å²) in [5, 5.41) is 12.6. The lowest BCUT2D eigenvalue weighted by Gasteiger charge is -2.10. The van der Waals surface area contributed by atoms with Crippen molar-refractivity contribution < 1.29 is 9.90 Å². The van der Waals surface area contributed by atoms with E-state index in [2.05, 4.69) is 10.3 Å². The molecule has 0 spiro atoms. The summed E-state index contributed by atoms with van der Waals surface area (Å²) < 4.78 is 0. The number of nitrogens with zero attached hydrogens (tertiary/aromatic N) is 1. The maximum absolute atomic E-state index is 11.0. The number of hydrogen-bond acceptors (Lipinski definition) is 4. The Hall–Kier alpha value is -2.27. The van der Waals surface area contributed by atoms with Gasteiger partial charge in [-0.2, -0.15) is 0 Å². The Balaban J connectivity index is 2.36. The number of hydrogen-bond donors (Lipinski definition) is 3. The number of benzene rings is 1. The van der Waals surface area contributed by atoms with Gasteiger partial charge in [0.05, 0.1) is 17.4 Å². The van der Waals surface area contributed by atoms with Crippen LogP contribution in [0.5, 0.6) is 0 Å². The van der Waals surface area contributed by atoms with Gasteiger partial charge in [0.2, 0.25) is 0 Å². The number of pyridine rings is 1. The molecule has 0 aliphatic heterocycles. The molecule has 0 saturated heterocycles. The minimum atomic E-state index is -1.09. The number of nitrogens with one attached hydrogen (secondary N) is 1. The van der Waals surface area contributed by atoms with Crippen LogP contribution in [0.2, 0.25) is 5.02 Å². The predicted octanol–water partition coefficient (Wildman–Crippen LogP) is 3.07. The molecule has 1 aromatic heterocycles. The minimum absolute atomic E-state index is 0.0113. The zero-order valence-electron chi connectivity index (χ0n) is 10.1. The van der Waals surface area contributed by atoms with E-state index in [0.29, 0.717) is 10.8 Å². The molecule has 1 heterocycles. The average Bonchev–Trinajstić information content (AvgIpc) is 2.36. The summed E-state index contributed by atoms with van der Waals surface area (Å²) in [6.45, 7) is 1.91. The van der Waals surface area contributed by atoms with Crippen LogP contribution in [-0.2, 0) is 0 Å². The molecule has 0 atom stereocenters. The Morgan fingerprint density at radius 2 is 2.16 bits per heavy atom. The van der Waals surface area contributed by atoms with Crippen LogP contribution in [0.4, 0.5) is 17.2 Å². The first-order valence-corrected chi connectivity index (χ1v) is 5.87. The molecule has 0 radical (unpaired) electrons. The summed E-state index contributed by atoms with van der Waals surface area (Å²) in [6.07, 6.45) is 1.31. The Labute approximate surface area is 115 Å². The van der Waals surface area contributed by atoms with Gasteiger partial charge in [-0.05, 0) is 30.7 Å². The number of halogens is 1. The first-order chi connectivity index (χ1) is 8.97. The number of nitrogens with two attached hydrogens (primary N) is 1. The summed E-state index contributed by atoms with van der Waals surface area (Å²) in [5.41, 5.74) is 7.42. The fourth-order valence-corrected chi connectivity index (χ4v) is 1.76. The number of nitrogen functional groups attached to an aromatic ring is 1. The van der Waals surface area contributed by atoms with Crippen LogP contribution in [0.15, 0.2) is 30.5 Å². The summed E-state index contributed by atoms with van der Waals surface area (Å²) in [6, 6.07) is 6.77. The van der Waals surface area contributed by atoms with E-state index in [-0.39, 0.29) is 11.3 Å². The fourth-order valence-electron chi connectivity index (χ4n) is 1.59. The van der Waals surface area contributed by atoms with Crippen LogP contribution in [0.3, 0.4) is 0 Å². The maximum atomic E-state index is 11.0. The van der Waals surface area contributed by atoms with Gasteiger partial charge >= 0.3 is 5.97 Å². The van der Waals surface area contributed by atoms with E-state index in [0.717, 1.165) is 11.3 Å². The highest BCUT2D eigenvalue weighted by Gasteiger charge is 2.10. The van der Waals surface area contributed by atoms with Crippen LogP contribution in [0.25, 0.3) is 0 Å². The van der Waals surface area contributed by atoms with E-state index in [9.17, 15) is 4.79 Å². The number of aryl methyl sites for hydroxylation is 1. The smallest absolute Gasteiger partial charge is 0.337 e. The second-order valence-corrected chi connectivity index (χ2v) is 4.48. The van der Waals surface area contributed by atoms with Gasteiger partial charge < -0.3 is 16.2 Å². The van der Waals surface area contributed by atoms with E-state index >= 15 is 0 Å². The molecule has 2 aromatic rings. The van der Waals surface area contributed by atoms with Gasteiger partial charge in [-0.25, -0.2) is 9.78 Å². The van der Waals surface area contributed by atoms with Crippen LogP contribution in [-0.4, -0.2) is 16.1 Å². The highest BCUT2D eigenvalue weighted by atomic mass is 35.5. The Kier molecular flexibility index (Phi) is 3.57. The molecule has 0 amide bonds. The van der Waals surface area contributed by atoms with Crippen molar-refractivity contribution in [3.8, 4) is 0 Å². The van der Waals surface area contributed by atoms with Gasteiger partial charge in [0.25, 0.3) is 0 Å². The molecular formula is C13H12ClN3O2. The van der Waals surface area contributed by atoms with E-state index in [1.165, 1.54) is 12.3 Å². The predicted molar refractivity (Wildman–Crippen MR) is 75.1 cm³/mol. The largest absolute Gasteiger partial charge is 0.478 e. The van der Waals surface area contributed by atoms with Crippen LogP contribution in [0.1, 0.15) is 15.9 Å². The van der Waals surface area contributed by atoms with Crippen LogP contribution in [0, 0.1) is 6.92 Å². The van der Waals surface area contributed by atoms with Crippen molar-refractivity contribution in [2.45, 2.75) is 6.92 Å². The van der Waals surface area contributed by atoms with Crippen LogP contribution >= 0.6 is 11.6 Å². The van der Waals surface area contributed by atoms with E-state index in [1.807, 2.05) is 13.0 Å². The van der Waals surface area contributed by atoms with Crippen molar-refractivity contribution in [3.05, 3.63) is 46.6 Å². The highest BCUT2D eigenvalue weighted by Crippen LogP contribution is 2.24. The minimum Gasteiger partial charge on any atom is -0.478 e. The average molecular weight is 278 g/mol. The molecule has 0 fully saturated rings. The number of aromatic nitrogens is 1. The maximum Gasteiger partial charge on any atom is 0.337 e. The summed E-state index contributed by atoms with van der Waals surface area (Å²) >= 11 is 5.92. The number of rotatable bonds is 3. The Bertz CT molecular complexity index is 644. The third-order valence-corrected chi connectivity index (χ3v) is 2.86. The summed E-state index contributed by atoms with van der Waals surface area (Å²) in [7, 11) is 0. The normalized spacial score (nSPS) is 10.2. The molecule has 0 saturated carbocycles. The first-order valence-electron chi connectivity index (χ1n) is 5.49. The van der Waals surface area contributed by atoms with Gasteiger partial charge in [0.1, 0.15) is 5.82 Å². The lowest BCUT2D eigenvalue weighted by Crippen LogP contribution is -2.05. The van der Waals surface area contributed by atoms with Crippen molar-refractivity contribution in [3.63, 3.8) is 0 Å². The van der Waals surface area contributed by atoms with Crippen molar-refractivity contribution in [1.29, 1.82) is 0 Å². The van der Waals surface area contributed by atoms with Crippen molar-refractivity contribution in [2.24, 2.45) is 0 Å². The number of anilines is 3. The lowest BCUT2D eigenvalue weighted by atomic mass is 10.2. The number of aromatic carboxylic acids is 1. The third kappa shape index (κ3) is 2.95. The van der Waals surface area contributed by atoms with Crippen molar-refractivity contribution in [2.75, 3.05) is 11.1 Å². The number of carbonyl (C=O) groups is 1. The van der Waals surface area contributed by atoms with E-state index in [1.54, 1.807) is 12.1 Å². The van der Waals surface area contributed by atoms with Gasteiger partial charge in [-0.15, -0.1) is 0 Å². The molecule has 1 aromatic carbocycles.